The summed E-state index contributed by atoms with van der Waals surface area (Å²) >= 11 is 0. The first-order valence-corrected chi connectivity index (χ1v) is 30.3. The van der Waals surface area contributed by atoms with Crippen LogP contribution in [0.1, 0.15) is 24.0 Å². The van der Waals surface area contributed by atoms with Gasteiger partial charge in [0, 0.05) is 54.6 Å². The summed E-state index contributed by atoms with van der Waals surface area (Å²) in [5.41, 5.74) is 20.3. The smallest absolute Gasteiger partial charge is 0.171 e. The van der Waals surface area contributed by atoms with Crippen molar-refractivity contribution < 1.29 is 8.98 Å². The Bertz CT molecular complexity index is 4860. The van der Waals surface area contributed by atoms with Crippen LogP contribution >= 0.6 is 7.14 Å². The van der Waals surface area contributed by atoms with Crippen LogP contribution in [-0.2, 0) is 4.57 Å². The van der Waals surface area contributed by atoms with E-state index in [9.17, 15) is 0 Å². The molecule has 4 heteroatoms. The van der Waals surface area contributed by atoms with Crippen LogP contribution in [0.15, 0.2) is 314 Å². The third-order valence-corrected chi connectivity index (χ3v) is 20.2. The van der Waals surface area contributed by atoms with Crippen molar-refractivity contribution >= 4 is 72.4 Å². The fourth-order valence-electron chi connectivity index (χ4n) is 13.0. The van der Waals surface area contributed by atoms with Gasteiger partial charge in [0.15, 0.2) is 7.14 Å². The molecular weight excluding hydrogens is 1030 g/mol. The van der Waals surface area contributed by atoms with Crippen LogP contribution in [0, 0.1) is 5.92 Å². The lowest BCUT2D eigenvalue weighted by Gasteiger charge is -2.30. The number of allylic oxidation sites excluding steroid dienone is 4. The molecule has 0 aliphatic heterocycles. The average molecular weight is 1080 g/mol. The number of hydrogen-bond donors (Lipinski definition) is 0. The van der Waals surface area contributed by atoms with Gasteiger partial charge in [-0.1, -0.05) is 268 Å². The summed E-state index contributed by atoms with van der Waals surface area (Å²) in [7, 11) is -3.37. The summed E-state index contributed by atoms with van der Waals surface area (Å²) in [6.45, 7) is 2.33. The van der Waals surface area contributed by atoms with Gasteiger partial charge in [-0.2, -0.15) is 0 Å². The number of furan rings is 1. The lowest BCUT2D eigenvalue weighted by atomic mass is 9.74. The van der Waals surface area contributed by atoms with Gasteiger partial charge in [0.1, 0.15) is 11.2 Å². The van der Waals surface area contributed by atoms with E-state index in [-0.39, 0.29) is 5.92 Å². The highest BCUT2D eigenvalue weighted by Crippen LogP contribution is 2.48. The third-order valence-electron chi connectivity index (χ3n) is 17.1. The van der Waals surface area contributed by atoms with E-state index < -0.39 is 7.14 Å². The Morgan fingerprint density at radius 3 is 1.63 bits per heavy atom. The zero-order valence-corrected chi connectivity index (χ0v) is 46.7. The summed E-state index contributed by atoms with van der Waals surface area (Å²) in [5.74, 6) is 0.453. The van der Waals surface area contributed by atoms with Gasteiger partial charge < -0.3 is 13.5 Å². The first kappa shape index (κ1) is 50.0. The predicted molar refractivity (Wildman–Crippen MR) is 350 cm³/mol. The van der Waals surface area contributed by atoms with Gasteiger partial charge in [-0.3, -0.25) is 0 Å². The second kappa shape index (κ2) is 20.8. The molecular formula is C79H56NO2P. The third kappa shape index (κ3) is 8.72. The molecule has 0 fully saturated rings. The zero-order chi connectivity index (χ0) is 55.4. The normalized spacial score (nSPS) is 15.0. The van der Waals surface area contributed by atoms with E-state index in [1.807, 2.05) is 36.4 Å². The molecule has 12 aromatic carbocycles. The predicted octanol–water partition coefficient (Wildman–Crippen LogP) is 20.0. The Morgan fingerprint density at radius 1 is 0.373 bits per heavy atom. The maximum Gasteiger partial charge on any atom is 0.171 e. The molecule has 2 aromatic heterocycles. The number of fused-ring (bicyclic) bond motifs is 6. The highest BCUT2D eigenvalue weighted by Gasteiger charge is 2.32. The zero-order valence-electron chi connectivity index (χ0n) is 45.8. The van der Waals surface area contributed by atoms with Gasteiger partial charge in [-0.05, 0) is 121 Å². The topological polar surface area (TPSA) is 35.1 Å². The second-order valence-corrected chi connectivity index (χ2v) is 24.6. The second-order valence-electron chi connectivity index (χ2n) is 21.9. The summed E-state index contributed by atoms with van der Waals surface area (Å²) in [6, 6.07) is 103. The van der Waals surface area contributed by atoms with Crippen LogP contribution in [0.3, 0.4) is 0 Å². The van der Waals surface area contributed by atoms with E-state index in [1.54, 1.807) is 0 Å². The first-order chi connectivity index (χ1) is 41.0. The summed E-state index contributed by atoms with van der Waals surface area (Å²) in [6.07, 6.45) is 6.87. The number of para-hydroxylation sites is 2. The van der Waals surface area contributed by atoms with E-state index in [0.717, 1.165) is 87.6 Å². The van der Waals surface area contributed by atoms with Crippen LogP contribution in [0.5, 0.6) is 0 Å². The highest BCUT2D eigenvalue weighted by molar-refractivity contribution is 7.85. The molecule has 3 nitrogen and oxygen atoms in total. The van der Waals surface area contributed by atoms with Crippen LogP contribution in [0.25, 0.3) is 111 Å². The molecule has 0 saturated heterocycles. The largest absolute Gasteiger partial charge is 0.455 e. The first-order valence-electron chi connectivity index (χ1n) is 28.6. The molecule has 14 aromatic rings. The van der Waals surface area contributed by atoms with Gasteiger partial charge in [-0.15, -0.1) is 0 Å². The molecule has 3 atom stereocenters. The Kier molecular flexibility index (Phi) is 12.5. The number of nitrogens with zero attached hydrogens (tertiary/aromatic N) is 1. The van der Waals surface area contributed by atoms with Crippen molar-refractivity contribution in [3.8, 4) is 61.3 Å². The van der Waals surface area contributed by atoms with Crippen molar-refractivity contribution in [3.05, 3.63) is 321 Å². The van der Waals surface area contributed by atoms with E-state index in [4.69, 9.17) is 4.42 Å². The van der Waals surface area contributed by atoms with E-state index >= 15 is 4.57 Å². The van der Waals surface area contributed by atoms with E-state index in [0.29, 0.717) is 5.92 Å². The Hall–Kier alpha value is -10.1. The van der Waals surface area contributed by atoms with Crippen LogP contribution < -0.4 is 15.9 Å². The summed E-state index contributed by atoms with van der Waals surface area (Å²) in [4.78, 5) is 0. The van der Waals surface area contributed by atoms with Crippen molar-refractivity contribution in [1.82, 2.24) is 4.57 Å². The van der Waals surface area contributed by atoms with Crippen molar-refractivity contribution in [2.24, 2.45) is 5.92 Å². The minimum Gasteiger partial charge on any atom is -0.455 e. The van der Waals surface area contributed by atoms with Gasteiger partial charge in [0.05, 0.1) is 11.0 Å². The lowest BCUT2D eigenvalue weighted by molar-refractivity contribution is 0.592. The van der Waals surface area contributed by atoms with Crippen molar-refractivity contribution in [2.45, 2.75) is 12.8 Å². The van der Waals surface area contributed by atoms with Crippen molar-refractivity contribution in [3.63, 3.8) is 0 Å². The minimum atomic E-state index is -3.37. The molecule has 0 saturated carbocycles. The van der Waals surface area contributed by atoms with Gasteiger partial charge >= 0.3 is 0 Å². The van der Waals surface area contributed by atoms with Crippen LogP contribution in [0.4, 0.5) is 0 Å². The summed E-state index contributed by atoms with van der Waals surface area (Å²) < 4.78 is 25.2. The molecule has 0 N–H and O–H groups in total. The van der Waals surface area contributed by atoms with Crippen LogP contribution in [0.2, 0.25) is 0 Å². The lowest BCUT2D eigenvalue weighted by Crippen LogP contribution is -2.25. The molecule has 15 rings (SSSR count). The SMILES string of the molecule is CC1C=CC=C(c2ccccc2-c2ccccc2-c2ccccc2)C1c1ccc(-c2ccc(P(=O)(c3ccccc3)c3ccc4c(c3)c3ccccc3n4-c3ccc(-c4cccc5c4oc4ccc(-c6ccccc6)cc45)cc3)cc2)cc1. The molecule has 0 amide bonds. The highest BCUT2D eigenvalue weighted by atomic mass is 31.2. The molecule has 3 unspecified atom stereocenters. The monoisotopic (exact) mass is 1080 g/mol. The van der Waals surface area contributed by atoms with Gasteiger partial charge in [0.2, 0.25) is 0 Å². The van der Waals surface area contributed by atoms with E-state index in [2.05, 4.69) is 285 Å². The maximum absolute atomic E-state index is 16.3. The molecule has 0 spiro atoms. The Morgan fingerprint density at radius 2 is 0.892 bits per heavy atom. The number of hydrogen-bond acceptors (Lipinski definition) is 2. The summed E-state index contributed by atoms with van der Waals surface area (Å²) in [5, 5.41) is 6.76. The molecule has 2 heterocycles. The Balaban J connectivity index is 0.742. The average Bonchev–Trinajstić information content (AvgIpc) is 4.19. The molecule has 1 aliphatic rings. The molecule has 1 aliphatic carbocycles. The number of aromatic nitrogens is 1. The number of rotatable bonds is 11. The van der Waals surface area contributed by atoms with Crippen molar-refractivity contribution in [2.75, 3.05) is 0 Å². The van der Waals surface area contributed by atoms with Crippen LogP contribution in [-0.4, -0.2) is 4.57 Å². The molecule has 83 heavy (non-hydrogen) atoms. The standard InChI is InChI=1S/C79H56NO2P/c1-53-19-17-32-71(69-29-14-13-28-68(69)67-27-12-11-26-65(67)57-22-7-3-8-23-57)78(53)59-37-35-55(36-38-59)56-41-46-63(47-42-56)83(81,62-24-9-4-10-25-62)64-48-49-76-73(52-64)70-30-15-16-34-75(70)80(76)61-44-39-58(40-45-61)66-31-18-33-72-74-51-60(54-20-5-2-6-21-54)43-50-77(74)82-79(66)72/h2-53,78H,1H3. The van der Waals surface area contributed by atoms with E-state index in [1.165, 1.54) is 50.1 Å². The fraction of sp³-hybridized carbons (Fsp3) is 0.0380. The molecule has 0 bridgehead atoms. The minimum absolute atomic E-state index is 0.163. The molecule has 0 radical (unpaired) electrons. The van der Waals surface area contributed by atoms with Crippen molar-refractivity contribution in [1.29, 1.82) is 0 Å². The number of benzene rings is 12. The van der Waals surface area contributed by atoms with Gasteiger partial charge in [-0.25, -0.2) is 0 Å². The maximum atomic E-state index is 16.3. The quantitative estimate of drug-likeness (QED) is 0.121. The molecule has 394 valence electrons. The van der Waals surface area contributed by atoms with Gasteiger partial charge in [0.25, 0.3) is 0 Å². The fourth-order valence-corrected chi connectivity index (χ4v) is 15.7. The Labute approximate surface area is 483 Å².